The van der Waals surface area contributed by atoms with Crippen LogP contribution in [0.2, 0.25) is 0 Å². The Morgan fingerprint density at radius 2 is 1.75 bits per heavy atom. The molecule has 24 heavy (non-hydrogen) atoms. The monoisotopic (exact) mass is 346 g/mol. The first-order chi connectivity index (χ1) is 11.6. The van der Waals surface area contributed by atoms with E-state index in [2.05, 4.69) is 20.6 Å². The molecule has 0 atom stereocenters. The molecule has 4 aliphatic carbocycles. The average Bonchev–Trinajstić information content (AvgIpc) is 2.57. The van der Waals surface area contributed by atoms with Crippen molar-refractivity contribution in [3.05, 3.63) is 18.1 Å². The molecule has 128 valence electrons. The second kappa shape index (κ2) is 6.27. The highest BCUT2D eigenvalue weighted by Gasteiger charge is 2.48. The van der Waals surface area contributed by atoms with Crippen LogP contribution in [-0.4, -0.2) is 34.2 Å². The number of carbonyl (C=O) groups excluding carboxylic acids is 1. The number of nitrogens with zero attached hydrogens (tertiary/aromatic N) is 2. The SMILES string of the molecule is COC(=O)c1nccnc1NC(=S)NC1C2CC3CC(C2)CC1C3. The van der Waals surface area contributed by atoms with E-state index in [0.29, 0.717) is 17.0 Å². The molecule has 4 bridgehead atoms. The maximum atomic E-state index is 11.8. The summed E-state index contributed by atoms with van der Waals surface area (Å²) in [5.74, 6) is 3.12. The molecule has 0 radical (unpaired) electrons. The molecule has 0 saturated heterocycles. The van der Waals surface area contributed by atoms with Crippen LogP contribution in [0.1, 0.15) is 42.6 Å². The maximum Gasteiger partial charge on any atom is 0.360 e. The average molecular weight is 346 g/mol. The van der Waals surface area contributed by atoms with E-state index in [4.69, 9.17) is 17.0 Å². The van der Waals surface area contributed by atoms with Crippen LogP contribution in [-0.2, 0) is 4.74 Å². The number of anilines is 1. The molecule has 0 amide bonds. The number of thiocarbonyl (C=S) groups is 1. The van der Waals surface area contributed by atoms with Gasteiger partial charge >= 0.3 is 5.97 Å². The van der Waals surface area contributed by atoms with Gasteiger partial charge in [-0.2, -0.15) is 0 Å². The number of esters is 1. The Bertz CT molecular complexity index is 638. The van der Waals surface area contributed by atoms with E-state index in [0.717, 1.165) is 23.7 Å². The van der Waals surface area contributed by atoms with E-state index in [1.807, 2.05) is 0 Å². The lowest BCUT2D eigenvalue weighted by molar-refractivity contribution is -0.00665. The van der Waals surface area contributed by atoms with Gasteiger partial charge in [-0.1, -0.05) is 0 Å². The van der Waals surface area contributed by atoms with Gasteiger partial charge < -0.3 is 15.4 Å². The van der Waals surface area contributed by atoms with Crippen molar-refractivity contribution in [1.82, 2.24) is 15.3 Å². The van der Waals surface area contributed by atoms with Crippen LogP contribution in [0, 0.1) is 23.7 Å². The van der Waals surface area contributed by atoms with Gasteiger partial charge in [-0.05, 0) is 68.0 Å². The quantitative estimate of drug-likeness (QED) is 0.643. The number of methoxy groups -OCH3 is 1. The second-order valence-corrected chi connectivity index (χ2v) is 7.71. The van der Waals surface area contributed by atoms with Gasteiger partial charge in [-0.15, -0.1) is 0 Å². The Kier molecular flexibility index (Phi) is 4.12. The minimum Gasteiger partial charge on any atom is -0.464 e. The summed E-state index contributed by atoms with van der Waals surface area (Å²) in [7, 11) is 1.33. The zero-order valence-electron chi connectivity index (χ0n) is 13.7. The lowest BCUT2D eigenvalue weighted by Gasteiger charge is -2.54. The molecule has 4 aliphatic rings. The predicted molar refractivity (Wildman–Crippen MR) is 93.6 cm³/mol. The Labute approximate surface area is 146 Å². The highest BCUT2D eigenvalue weighted by atomic mass is 32.1. The highest BCUT2D eigenvalue weighted by molar-refractivity contribution is 7.80. The summed E-state index contributed by atoms with van der Waals surface area (Å²) in [5, 5.41) is 7.04. The molecule has 4 saturated carbocycles. The summed E-state index contributed by atoms with van der Waals surface area (Å²) in [6.45, 7) is 0. The third kappa shape index (κ3) is 2.85. The number of hydrogen-bond donors (Lipinski definition) is 2. The lowest BCUT2D eigenvalue weighted by Crippen LogP contribution is -2.56. The number of hydrogen-bond acceptors (Lipinski definition) is 5. The van der Waals surface area contributed by atoms with Crippen molar-refractivity contribution in [3.8, 4) is 0 Å². The fourth-order valence-corrected chi connectivity index (χ4v) is 5.36. The van der Waals surface area contributed by atoms with Crippen LogP contribution in [0.5, 0.6) is 0 Å². The molecule has 5 rings (SSSR count). The Morgan fingerprint density at radius 3 is 2.38 bits per heavy atom. The molecular weight excluding hydrogens is 324 g/mol. The number of rotatable bonds is 3. The van der Waals surface area contributed by atoms with Crippen LogP contribution in [0.4, 0.5) is 5.82 Å². The normalized spacial score (nSPS) is 33.1. The highest BCUT2D eigenvalue weighted by Crippen LogP contribution is 2.53. The Balaban J connectivity index is 1.44. The van der Waals surface area contributed by atoms with E-state index in [1.54, 1.807) is 0 Å². The lowest BCUT2D eigenvalue weighted by atomic mass is 9.54. The largest absolute Gasteiger partial charge is 0.464 e. The molecule has 0 aliphatic heterocycles. The molecule has 2 N–H and O–H groups in total. The van der Waals surface area contributed by atoms with Gasteiger partial charge in [0.2, 0.25) is 0 Å². The van der Waals surface area contributed by atoms with Crippen molar-refractivity contribution >= 4 is 29.1 Å². The van der Waals surface area contributed by atoms with E-state index in [1.165, 1.54) is 51.6 Å². The molecule has 1 aromatic heterocycles. The molecule has 4 fully saturated rings. The minimum absolute atomic E-state index is 0.147. The van der Waals surface area contributed by atoms with Crippen molar-refractivity contribution < 1.29 is 9.53 Å². The maximum absolute atomic E-state index is 11.8. The second-order valence-electron chi connectivity index (χ2n) is 7.30. The van der Waals surface area contributed by atoms with Crippen LogP contribution < -0.4 is 10.6 Å². The van der Waals surface area contributed by atoms with Gasteiger partial charge in [0.15, 0.2) is 16.6 Å². The topological polar surface area (TPSA) is 76.1 Å². The molecule has 0 unspecified atom stereocenters. The first kappa shape index (κ1) is 15.7. The van der Waals surface area contributed by atoms with Gasteiger partial charge in [-0.3, -0.25) is 0 Å². The van der Waals surface area contributed by atoms with Crippen molar-refractivity contribution in [2.75, 3.05) is 12.4 Å². The third-order valence-corrected chi connectivity index (χ3v) is 6.05. The first-order valence-electron chi connectivity index (χ1n) is 8.61. The predicted octanol–water partition coefficient (Wildman–Crippen LogP) is 2.37. The van der Waals surface area contributed by atoms with E-state index in [9.17, 15) is 4.79 Å². The van der Waals surface area contributed by atoms with Crippen LogP contribution in [0.25, 0.3) is 0 Å². The standard InChI is InChI=1S/C17H22N4O2S/c1-23-16(22)14-15(19-3-2-18-14)21-17(24)20-13-11-5-9-4-10(7-11)8-12(13)6-9/h2-3,9-13H,4-8H2,1H3,(H2,19,20,21,24). The number of ether oxygens (including phenoxy) is 1. The molecule has 1 aromatic rings. The van der Waals surface area contributed by atoms with E-state index in [-0.39, 0.29) is 5.69 Å². The summed E-state index contributed by atoms with van der Waals surface area (Å²) in [6, 6.07) is 0.441. The zero-order chi connectivity index (χ0) is 16.7. The Hall–Kier alpha value is -1.76. The Morgan fingerprint density at radius 1 is 1.12 bits per heavy atom. The fourth-order valence-electron chi connectivity index (χ4n) is 5.13. The molecule has 0 aromatic carbocycles. The van der Waals surface area contributed by atoms with Crippen molar-refractivity contribution in [2.45, 2.75) is 38.1 Å². The van der Waals surface area contributed by atoms with E-state index < -0.39 is 5.97 Å². The van der Waals surface area contributed by atoms with Crippen molar-refractivity contribution in [1.29, 1.82) is 0 Å². The number of aromatic nitrogens is 2. The number of nitrogens with one attached hydrogen (secondary N) is 2. The molecular formula is C17H22N4O2S. The zero-order valence-corrected chi connectivity index (χ0v) is 14.5. The van der Waals surface area contributed by atoms with Gasteiger partial charge in [0.25, 0.3) is 0 Å². The van der Waals surface area contributed by atoms with Crippen molar-refractivity contribution in [3.63, 3.8) is 0 Å². The summed E-state index contributed by atoms with van der Waals surface area (Å²) in [5.41, 5.74) is 0.147. The summed E-state index contributed by atoms with van der Waals surface area (Å²) < 4.78 is 4.74. The fraction of sp³-hybridized carbons (Fsp3) is 0.647. The summed E-state index contributed by atoms with van der Waals surface area (Å²) in [4.78, 5) is 20.0. The molecule has 7 heteroatoms. The van der Waals surface area contributed by atoms with Crippen LogP contribution in [0.15, 0.2) is 12.4 Å². The van der Waals surface area contributed by atoms with Crippen LogP contribution in [0.3, 0.4) is 0 Å². The van der Waals surface area contributed by atoms with Gasteiger partial charge in [0, 0.05) is 18.4 Å². The molecule has 6 nitrogen and oxygen atoms in total. The van der Waals surface area contributed by atoms with Crippen LogP contribution >= 0.6 is 12.2 Å². The molecule has 0 spiro atoms. The smallest absolute Gasteiger partial charge is 0.360 e. The third-order valence-electron chi connectivity index (χ3n) is 5.83. The number of carbonyl (C=O) groups is 1. The van der Waals surface area contributed by atoms with Crippen molar-refractivity contribution in [2.24, 2.45) is 23.7 Å². The van der Waals surface area contributed by atoms with Gasteiger partial charge in [0.05, 0.1) is 7.11 Å². The summed E-state index contributed by atoms with van der Waals surface area (Å²) >= 11 is 5.48. The van der Waals surface area contributed by atoms with Gasteiger partial charge in [0.1, 0.15) is 0 Å². The van der Waals surface area contributed by atoms with E-state index >= 15 is 0 Å². The molecule has 1 heterocycles. The first-order valence-corrected chi connectivity index (χ1v) is 9.01. The minimum atomic E-state index is -0.525. The summed E-state index contributed by atoms with van der Waals surface area (Å²) in [6.07, 6.45) is 9.73. The van der Waals surface area contributed by atoms with Gasteiger partial charge in [-0.25, -0.2) is 14.8 Å².